The van der Waals surface area contributed by atoms with Crippen LogP contribution in [-0.4, -0.2) is 4.89 Å². The van der Waals surface area contributed by atoms with Crippen molar-refractivity contribution < 1.29 is 9.46 Å². The van der Waals surface area contributed by atoms with Crippen molar-refractivity contribution >= 4 is 24.1 Å². The van der Waals surface area contributed by atoms with Crippen LogP contribution in [0.3, 0.4) is 0 Å². The van der Waals surface area contributed by atoms with E-state index < -0.39 is 8.03 Å². The van der Waals surface area contributed by atoms with Gasteiger partial charge in [0, 0.05) is 5.30 Å². The number of hydrogen-bond acceptors (Lipinski definition) is 1. The molecule has 0 heterocycles. The van der Waals surface area contributed by atoms with E-state index in [1.165, 1.54) is 0 Å². The summed E-state index contributed by atoms with van der Waals surface area (Å²) in [5.74, 6) is 0. The number of hydrogen-bond donors (Lipinski definition) is 1. The predicted octanol–water partition coefficient (Wildman–Crippen LogP) is 1.73. The van der Waals surface area contributed by atoms with E-state index in [1.807, 2.05) is 30.3 Å². The van der Waals surface area contributed by atoms with Crippen LogP contribution < -0.4 is 5.30 Å². The number of benzene rings is 2. The molecule has 65 valence electrons. The molecule has 0 aromatic heterocycles. The molecule has 2 aromatic rings. The average molecular weight is 191 g/mol. The predicted molar refractivity (Wildman–Crippen MR) is 53.6 cm³/mol. The zero-order valence-electron chi connectivity index (χ0n) is 6.82. The summed E-state index contributed by atoms with van der Waals surface area (Å²) in [6.07, 6.45) is 0. The Labute approximate surface area is 76.7 Å². The van der Waals surface area contributed by atoms with E-state index in [4.69, 9.17) is 4.89 Å². The molecule has 0 amide bonds. The van der Waals surface area contributed by atoms with Crippen molar-refractivity contribution in [2.45, 2.75) is 0 Å². The average Bonchev–Trinajstić information content (AvgIpc) is 2.17. The monoisotopic (exact) mass is 191 g/mol. The molecule has 0 aliphatic rings. The summed E-state index contributed by atoms with van der Waals surface area (Å²) in [5, 5.41) is 2.21. The minimum atomic E-state index is -2.64. The standard InChI is InChI=1S/C10H8O2P/c11-13(12)10-7-3-5-8-4-1-2-6-9(8)10/h1-6,13H,(H,11,12). The Balaban J connectivity index is 2.83. The molecular weight excluding hydrogens is 183 g/mol. The first-order valence-corrected chi connectivity index (χ1v) is 5.27. The summed E-state index contributed by atoms with van der Waals surface area (Å²) in [6.45, 7) is 0. The zero-order valence-corrected chi connectivity index (χ0v) is 7.82. The largest absolute Gasteiger partial charge is 0.343 e. The normalized spacial score (nSPS) is 13.0. The van der Waals surface area contributed by atoms with E-state index >= 15 is 0 Å². The molecule has 13 heavy (non-hydrogen) atoms. The highest BCUT2D eigenvalue weighted by Gasteiger charge is 2.03. The summed E-state index contributed by atoms with van der Waals surface area (Å²) in [6, 6.07) is 13.9. The topological polar surface area (TPSA) is 37.3 Å². The first kappa shape index (κ1) is 8.49. The van der Waals surface area contributed by atoms with Gasteiger partial charge in [-0.3, -0.25) is 4.57 Å². The summed E-state index contributed by atoms with van der Waals surface area (Å²) in [4.78, 5) is 9.04. The van der Waals surface area contributed by atoms with Gasteiger partial charge < -0.3 is 4.89 Å². The van der Waals surface area contributed by atoms with Crippen LogP contribution in [0.5, 0.6) is 0 Å². The minimum Gasteiger partial charge on any atom is -0.343 e. The maximum Gasteiger partial charge on any atom is 0.219 e. The Hall–Kier alpha value is -1.11. The van der Waals surface area contributed by atoms with Crippen LogP contribution in [-0.2, 0) is 4.57 Å². The van der Waals surface area contributed by atoms with Gasteiger partial charge in [-0.1, -0.05) is 36.4 Å². The lowest BCUT2D eigenvalue weighted by molar-refractivity contribution is 0.513. The van der Waals surface area contributed by atoms with E-state index in [2.05, 4.69) is 6.07 Å². The first-order chi connectivity index (χ1) is 6.29. The molecule has 0 aliphatic heterocycles. The SMILES string of the molecule is O=[PH](O)c1[c]ccc2ccccc12. The zero-order chi connectivity index (χ0) is 9.26. The van der Waals surface area contributed by atoms with Crippen molar-refractivity contribution in [1.29, 1.82) is 0 Å². The third-order valence-corrected chi connectivity index (χ3v) is 2.78. The second kappa shape index (κ2) is 3.33. The molecule has 0 fully saturated rings. The van der Waals surface area contributed by atoms with Gasteiger partial charge in [-0.05, 0) is 16.8 Å². The van der Waals surface area contributed by atoms with Crippen molar-refractivity contribution in [1.82, 2.24) is 0 Å². The third kappa shape index (κ3) is 1.51. The van der Waals surface area contributed by atoms with Crippen LogP contribution in [0.1, 0.15) is 0 Å². The van der Waals surface area contributed by atoms with E-state index in [-0.39, 0.29) is 0 Å². The van der Waals surface area contributed by atoms with Crippen molar-refractivity contribution in [2.75, 3.05) is 0 Å². The molecular formula is C10H8O2P. The van der Waals surface area contributed by atoms with Gasteiger partial charge in [0.25, 0.3) is 0 Å². The van der Waals surface area contributed by atoms with Crippen molar-refractivity contribution in [3.05, 3.63) is 42.5 Å². The van der Waals surface area contributed by atoms with Gasteiger partial charge in [-0.25, -0.2) is 0 Å². The lowest BCUT2D eigenvalue weighted by Gasteiger charge is -2.01. The van der Waals surface area contributed by atoms with Crippen molar-refractivity contribution in [3.63, 3.8) is 0 Å². The lowest BCUT2D eigenvalue weighted by atomic mass is 10.1. The smallest absolute Gasteiger partial charge is 0.219 e. The quantitative estimate of drug-likeness (QED) is 0.697. The van der Waals surface area contributed by atoms with Gasteiger partial charge in [-0.2, -0.15) is 0 Å². The molecule has 2 rings (SSSR count). The summed E-state index contributed by atoms with van der Waals surface area (Å²) >= 11 is 0. The molecule has 2 aromatic carbocycles. The second-order valence-electron chi connectivity index (χ2n) is 2.75. The maximum atomic E-state index is 11.0. The van der Waals surface area contributed by atoms with E-state index in [0.29, 0.717) is 5.30 Å². The van der Waals surface area contributed by atoms with Crippen LogP contribution in [0.4, 0.5) is 0 Å². The molecule has 0 saturated carbocycles. The Kier molecular flexibility index (Phi) is 2.17. The molecule has 0 aliphatic carbocycles. The Morgan fingerprint density at radius 3 is 2.77 bits per heavy atom. The first-order valence-electron chi connectivity index (χ1n) is 3.92. The summed E-state index contributed by atoms with van der Waals surface area (Å²) < 4.78 is 11.0. The molecule has 2 nitrogen and oxygen atoms in total. The minimum absolute atomic E-state index is 0.420. The molecule has 3 heteroatoms. The highest BCUT2D eigenvalue weighted by molar-refractivity contribution is 7.48. The van der Waals surface area contributed by atoms with Crippen molar-refractivity contribution in [2.24, 2.45) is 0 Å². The molecule has 0 bridgehead atoms. The van der Waals surface area contributed by atoms with Gasteiger partial charge in [0.2, 0.25) is 8.03 Å². The Morgan fingerprint density at radius 2 is 2.00 bits per heavy atom. The number of rotatable bonds is 1. The molecule has 1 radical (unpaired) electrons. The fraction of sp³-hybridized carbons (Fsp3) is 0. The van der Waals surface area contributed by atoms with Crippen LogP contribution in [0.25, 0.3) is 10.8 Å². The third-order valence-electron chi connectivity index (χ3n) is 1.93. The van der Waals surface area contributed by atoms with Gasteiger partial charge in [0.1, 0.15) is 0 Å². The van der Waals surface area contributed by atoms with Gasteiger partial charge in [0.05, 0.1) is 0 Å². The molecule has 1 N–H and O–H groups in total. The highest BCUT2D eigenvalue weighted by atomic mass is 31.1. The molecule has 1 unspecified atom stereocenters. The van der Waals surface area contributed by atoms with Crippen molar-refractivity contribution in [3.8, 4) is 0 Å². The maximum absolute atomic E-state index is 11.0. The fourth-order valence-electron chi connectivity index (χ4n) is 1.34. The van der Waals surface area contributed by atoms with Gasteiger partial charge in [0.15, 0.2) is 0 Å². The van der Waals surface area contributed by atoms with Crippen LogP contribution in [0.15, 0.2) is 36.4 Å². The Bertz CT molecular complexity index is 460. The van der Waals surface area contributed by atoms with E-state index in [9.17, 15) is 4.57 Å². The second-order valence-corrected chi connectivity index (χ2v) is 3.86. The summed E-state index contributed by atoms with van der Waals surface area (Å²) in [7, 11) is -2.64. The van der Waals surface area contributed by atoms with Crippen LogP contribution in [0, 0.1) is 6.07 Å². The Morgan fingerprint density at radius 1 is 1.23 bits per heavy atom. The van der Waals surface area contributed by atoms with Crippen LogP contribution >= 0.6 is 8.03 Å². The van der Waals surface area contributed by atoms with Crippen LogP contribution in [0.2, 0.25) is 0 Å². The molecule has 1 atom stereocenters. The van der Waals surface area contributed by atoms with Gasteiger partial charge in [-0.15, -0.1) is 0 Å². The summed E-state index contributed by atoms with van der Waals surface area (Å²) in [5.41, 5.74) is 0. The highest BCUT2D eigenvalue weighted by Crippen LogP contribution is 2.20. The lowest BCUT2D eigenvalue weighted by Crippen LogP contribution is -1.97. The molecule has 0 saturated heterocycles. The van der Waals surface area contributed by atoms with Gasteiger partial charge >= 0.3 is 0 Å². The number of fused-ring (bicyclic) bond motifs is 1. The van der Waals surface area contributed by atoms with E-state index in [1.54, 1.807) is 6.07 Å². The van der Waals surface area contributed by atoms with E-state index in [0.717, 1.165) is 10.8 Å². The fourth-order valence-corrected chi connectivity index (χ4v) is 2.00. The molecule has 0 spiro atoms.